The van der Waals surface area contributed by atoms with E-state index in [9.17, 15) is 0 Å². The lowest BCUT2D eigenvalue weighted by Crippen LogP contribution is -2.18. The Balaban J connectivity index is 0.000000537. The molecule has 0 amide bonds. The molecule has 0 aliphatic heterocycles. The Kier molecular flexibility index (Phi) is 12.6. The molecule has 0 saturated heterocycles. The third kappa shape index (κ3) is 8.90. The largest absolute Gasteiger partial charge is 0.368 e. The average molecular weight is 312 g/mol. The van der Waals surface area contributed by atoms with Crippen LogP contribution in [0.2, 0.25) is 0 Å². The number of hydrogen-bond acceptors (Lipinski definition) is 4. The zero-order valence-corrected chi connectivity index (χ0v) is 15.4. The Labute approximate surface area is 137 Å². The van der Waals surface area contributed by atoms with Crippen molar-refractivity contribution < 1.29 is 0 Å². The topological polar surface area (TPSA) is 68.8 Å². The predicted molar refractivity (Wildman–Crippen MR) is 97.0 cm³/mol. The smallest absolute Gasteiger partial charge is 0.225 e. The van der Waals surface area contributed by atoms with E-state index in [4.69, 9.17) is 5.73 Å². The Hall–Kier alpha value is -1.26. The van der Waals surface area contributed by atoms with Crippen molar-refractivity contribution in [3.63, 3.8) is 0 Å². The summed E-state index contributed by atoms with van der Waals surface area (Å²) in [5.74, 6) is 2.02. The first-order chi connectivity index (χ1) is 10.6. The molecule has 3 N–H and O–H groups in total. The minimum absolute atomic E-state index is 0.459. The molecule has 1 aliphatic carbocycles. The normalized spacial score (nSPS) is 14.4. The van der Waals surface area contributed by atoms with Gasteiger partial charge < -0.3 is 11.1 Å². The summed E-state index contributed by atoms with van der Waals surface area (Å²) in [5, 5.41) is 11.1. The SMILES string of the molecule is CCC.CCCC.Cn1c(N)nnc1NCC1CCCCC1. The number of hydrogen-bond donors (Lipinski definition) is 2. The fourth-order valence-corrected chi connectivity index (χ4v) is 2.12. The van der Waals surface area contributed by atoms with Crippen molar-refractivity contribution >= 4 is 11.9 Å². The summed E-state index contributed by atoms with van der Waals surface area (Å²) in [6.45, 7) is 9.60. The molecule has 1 heterocycles. The van der Waals surface area contributed by atoms with Crippen molar-refractivity contribution in [2.75, 3.05) is 17.6 Å². The van der Waals surface area contributed by atoms with Gasteiger partial charge >= 0.3 is 0 Å². The van der Waals surface area contributed by atoms with Crippen LogP contribution in [0.1, 0.15) is 79.1 Å². The summed E-state index contributed by atoms with van der Waals surface area (Å²) in [4.78, 5) is 0. The molecule has 0 unspecified atom stereocenters. The molecule has 1 aromatic heterocycles. The lowest BCUT2D eigenvalue weighted by atomic mass is 9.89. The summed E-state index contributed by atoms with van der Waals surface area (Å²) < 4.78 is 1.78. The molecule has 0 bridgehead atoms. The maximum atomic E-state index is 5.60. The van der Waals surface area contributed by atoms with Crippen LogP contribution in [0.25, 0.3) is 0 Å². The fraction of sp³-hybridized carbons (Fsp3) is 0.882. The van der Waals surface area contributed by atoms with E-state index in [0.29, 0.717) is 5.95 Å². The maximum absolute atomic E-state index is 5.60. The van der Waals surface area contributed by atoms with Gasteiger partial charge in [0, 0.05) is 13.6 Å². The van der Waals surface area contributed by atoms with Gasteiger partial charge in [-0.1, -0.05) is 66.2 Å². The summed E-state index contributed by atoms with van der Waals surface area (Å²) in [5.41, 5.74) is 5.60. The second kappa shape index (κ2) is 13.4. The van der Waals surface area contributed by atoms with Crippen LogP contribution in [0.3, 0.4) is 0 Å². The minimum Gasteiger partial charge on any atom is -0.368 e. The second-order valence-corrected chi connectivity index (χ2v) is 6.03. The maximum Gasteiger partial charge on any atom is 0.225 e. The molecule has 0 radical (unpaired) electrons. The molecule has 1 aliphatic rings. The second-order valence-electron chi connectivity index (χ2n) is 6.03. The number of rotatable bonds is 4. The number of anilines is 2. The van der Waals surface area contributed by atoms with E-state index >= 15 is 0 Å². The summed E-state index contributed by atoms with van der Waals surface area (Å²) in [6.07, 6.45) is 10.7. The average Bonchev–Trinajstić information content (AvgIpc) is 2.87. The van der Waals surface area contributed by atoms with Gasteiger partial charge in [0.25, 0.3) is 0 Å². The fourth-order valence-electron chi connectivity index (χ4n) is 2.12. The van der Waals surface area contributed by atoms with Crippen molar-refractivity contribution in [3.05, 3.63) is 0 Å². The van der Waals surface area contributed by atoms with Gasteiger partial charge in [-0.05, 0) is 18.8 Å². The van der Waals surface area contributed by atoms with E-state index in [1.807, 2.05) is 7.05 Å². The monoisotopic (exact) mass is 311 g/mol. The van der Waals surface area contributed by atoms with Crippen LogP contribution in [-0.4, -0.2) is 21.3 Å². The van der Waals surface area contributed by atoms with Crippen LogP contribution in [0.4, 0.5) is 11.9 Å². The highest BCUT2D eigenvalue weighted by Crippen LogP contribution is 2.23. The van der Waals surface area contributed by atoms with Gasteiger partial charge in [0.15, 0.2) is 0 Å². The van der Waals surface area contributed by atoms with Gasteiger partial charge in [0.2, 0.25) is 11.9 Å². The minimum atomic E-state index is 0.459. The standard InChI is InChI=1S/C10H19N5.C4H10.C3H8/c1-15-9(11)13-14-10(15)12-7-8-5-3-2-4-6-8;1-3-4-2;1-3-2/h8H,2-7H2,1H3,(H2,11,13)(H,12,14);3-4H2,1-2H3;3H2,1-2H3. The summed E-state index contributed by atoms with van der Waals surface area (Å²) in [7, 11) is 1.87. The highest BCUT2D eigenvalue weighted by Gasteiger charge is 2.14. The molecular weight excluding hydrogens is 274 g/mol. The Morgan fingerprint density at radius 3 is 2.00 bits per heavy atom. The van der Waals surface area contributed by atoms with Gasteiger partial charge in [-0.15, -0.1) is 10.2 Å². The Morgan fingerprint density at radius 2 is 1.59 bits per heavy atom. The molecule has 1 saturated carbocycles. The Bertz CT molecular complexity index is 354. The van der Waals surface area contributed by atoms with Crippen molar-refractivity contribution in [1.82, 2.24) is 14.8 Å². The highest BCUT2D eigenvalue weighted by molar-refractivity contribution is 5.32. The van der Waals surface area contributed by atoms with Gasteiger partial charge in [-0.3, -0.25) is 4.57 Å². The number of aromatic nitrogens is 3. The third-order valence-corrected chi connectivity index (χ3v) is 3.68. The van der Waals surface area contributed by atoms with Crippen LogP contribution in [0.5, 0.6) is 0 Å². The predicted octanol–water partition coefficient (Wildman–Crippen LogP) is 4.61. The molecule has 1 aromatic rings. The molecular formula is C17H37N5. The first kappa shape index (κ1) is 20.7. The van der Waals surface area contributed by atoms with E-state index in [1.165, 1.54) is 51.4 Å². The van der Waals surface area contributed by atoms with Crippen LogP contribution < -0.4 is 11.1 Å². The van der Waals surface area contributed by atoms with Crippen molar-refractivity contribution in [2.24, 2.45) is 13.0 Å². The Morgan fingerprint density at radius 1 is 1.05 bits per heavy atom. The van der Waals surface area contributed by atoms with E-state index < -0.39 is 0 Å². The van der Waals surface area contributed by atoms with E-state index in [0.717, 1.165) is 18.4 Å². The first-order valence-electron chi connectivity index (χ1n) is 8.99. The van der Waals surface area contributed by atoms with Crippen molar-refractivity contribution in [2.45, 2.75) is 79.1 Å². The number of nitrogens with two attached hydrogens (primary N) is 1. The molecule has 0 spiro atoms. The molecule has 0 aromatic carbocycles. The first-order valence-corrected chi connectivity index (χ1v) is 8.99. The molecule has 22 heavy (non-hydrogen) atoms. The highest BCUT2D eigenvalue weighted by atomic mass is 15.4. The lowest BCUT2D eigenvalue weighted by molar-refractivity contribution is 0.372. The van der Waals surface area contributed by atoms with Gasteiger partial charge in [-0.2, -0.15) is 0 Å². The van der Waals surface area contributed by atoms with E-state index in [2.05, 4.69) is 43.2 Å². The number of nitrogens with one attached hydrogen (secondary N) is 1. The van der Waals surface area contributed by atoms with E-state index in [1.54, 1.807) is 4.57 Å². The van der Waals surface area contributed by atoms with Crippen LogP contribution in [0, 0.1) is 5.92 Å². The summed E-state index contributed by atoms with van der Waals surface area (Å²) in [6, 6.07) is 0. The van der Waals surface area contributed by atoms with Crippen LogP contribution in [-0.2, 0) is 7.05 Å². The van der Waals surface area contributed by atoms with Gasteiger partial charge in [0.1, 0.15) is 0 Å². The van der Waals surface area contributed by atoms with Gasteiger partial charge in [-0.25, -0.2) is 0 Å². The van der Waals surface area contributed by atoms with Gasteiger partial charge in [0.05, 0.1) is 0 Å². The number of nitrogen functional groups attached to an aromatic ring is 1. The third-order valence-electron chi connectivity index (χ3n) is 3.68. The molecule has 1 fully saturated rings. The number of unbranched alkanes of at least 4 members (excludes halogenated alkanes) is 1. The van der Waals surface area contributed by atoms with Crippen LogP contribution in [0.15, 0.2) is 0 Å². The molecule has 130 valence electrons. The zero-order valence-electron chi connectivity index (χ0n) is 15.4. The van der Waals surface area contributed by atoms with Crippen molar-refractivity contribution in [3.8, 4) is 0 Å². The molecule has 5 heteroatoms. The van der Waals surface area contributed by atoms with E-state index in [-0.39, 0.29) is 0 Å². The molecule has 2 rings (SSSR count). The number of nitrogens with zero attached hydrogens (tertiary/aromatic N) is 3. The molecule has 5 nitrogen and oxygen atoms in total. The van der Waals surface area contributed by atoms with Crippen molar-refractivity contribution in [1.29, 1.82) is 0 Å². The zero-order chi connectivity index (χ0) is 16.8. The van der Waals surface area contributed by atoms with Crippen LogP contribution >= 0.6 is 0 Å². The molecule has 0 atom stereocenters. The summed E-state index contributed by atoms with van der Waals surface area (Å²) >= 11 is 0. The lowest BCUT2D eigenvalue weighted by Gasteiger charge is -2.21. The quantitative estimate of drug-likeness (QED) is 0.851.